The zero-order chi connectivity index (χ0) is 16.3. The first kappa shape index (κ1) is 17.0. The molecule has 2 heterocycles. The molecule has 3 N–H and O–H groups in total. The molecule has 2 aromatic heterocycles. The molecule has 0 unspecified atom stereocenters. The van der Waals surface area contributed by atoms with Gasteiger partial charge in [-0.25, -0.2) is 13.8 Å². The Morgan fingerprint density at radius 2 is 2.09 bits per heavy atom. The summed E-state index contributed by atoms with van der Waals surface area (Å²) in [5, 5.41) is 3.12. The summed E-state index contributed by atoms with van der Waals surface area (Å²) in [5.41, 5.74) is 4.94. The standard InChI is InChI=1S/C13H18F2N4OS2/c1-3-19(4-2)12-18-11-9(22-12)5-8(21-11)10(20)17-7-13(14,15)6-16/h5H,3-4,6-7,16H2,1-2H3,(H,17,20). The minimum Gasteiger partial charge on any atom is -0.349 e. The van der Waals surface area contributed by atoms with E-state index in [0.717, 1.165) is 27.8 Å². The van der Waals surface area contributed by atoms with Crippen molar-refractivity contribution in [1.82, 2.24) is 10.3 Å². The number of carbonyl (C=O) groups excluding carboxylic acids is 1. The molecule has 0 spiro atoms. The largest absolute Gasteiger partial charge is 0.349 e. The van der Waals surface area contributed by atoms with Crippen molar-refractivity contribution in [2.75, 3.05) is 31.1 Å². The Hall–Kier alpha value is -1.32. The highest BCUT2D eigenvalue weighted by molar-refractivity contribution is 7.29. The number of amides is 1. The zero-order valence-corrected chi connectivity index (χ0v) is 14.0. The second-order valence-electron chi connectivity index (χ2n) is 4.69. The Morgan fingerprint density at radius 1 is 1.41 bits per heavy atom. The lowest BCUT2D eigenvalue weighted by Gasteiger charge is -2.16. The number of aromatic nitrogens is 1. The van der Waals surface area contributed by atoms with Gasteiger partial charge in [0.05, 0.1) is 22.7 Å². The van der Waals surface area contributed by atoms with Gasteiger partial charge in [0.2, 0.25) is 0 Å². The number of fused-ring (bicyclic) bond motifs is 1. The van der Waals surface area contributed by atoms with Gasteiger partial charge in [-0.15, -0.1) is 11.3 Å². The molecule has 0 atom stereocenters. The van der Waals surface area contributed by atoms with E-state index in [4.69, 9.17) is 5.73 Å². The van der Waals surface area contributed by atoms with Crippen molar-refractivity contribution >= 4 is 43.2 Å². The number of nitrogens with two attached hydrogens (primary N) is 1. The van der Waals surface area contributed by atoms with Gasteiger partial charge in [0, 0.05) is 13.1 Å². The summed E-state index contributed by atoms with van der Waals surface area (Å²) in [6.07, 6.45) is 0. The van der Waals surface area contributed by atoms with Crippen LogP contribution in [0.1, 0.15) is 23.5 Å². The molecule has 9 heteroatoms. The van der Waals surface area contributed by atoms with Gasteiger partial charge in [0.15, 0.2) is 5.13 Å². The molecule has 22 heavy (non-hydrogen) atoms. The van der Waals surface area contributed by atoms with Crippen LogP contribution in [0.3, 0.4) is 0 Å². The molecule has 122 valence electrons. The summed E-state index contributed by atoms with van der Waals surface area (Å²) >= 11 is 2.71. The molecule has 0 bridgehead atoms. The number of hydrogen-bond acceptors (Lipinski definition) is 6. The molecule has 0 fully saturated rings. The monoisotopic (exact) mass is 348 g/mol. The minimum absolute atomic E-state index is 0.382. The van der Waals surface area contributed by atoms with E-state index in [9.17, 15) is 13.6 Å². The van der Waals surface area contributed by atoms with Crippen LogP contribution in [-0.4, -0.2) is 43.0 Å². The van der Waals surface area contributed by atoms with E-state index in [1.807, 2.05) is 0 Å². The van der Waals surface area contributed by atoms with Crippen LogP contribution < -0.4 is 16.0 Å². The van der Waals surface area contributed by atoms with Crippen LogP contribution in [0.5, 0.6) is 0 Å². The van der Waals surface area contributed by atoms with Crippen LogP contribution >= 0.6 is 22.7 Å². The van der Waals surface area contributed by atoms with Crippen molar-refractivity contribution in [3.05, 3.63) is 10.9 Å². The van der Waals surface area contributed by atoms with Crippen molar-refractivity contribution in [1.29, 1.82) is 0 Å². The van der Waals surface area contributed by atoms with E-state index in [1.165, 1.54) is 22.7 Å². The number of rotatable bonds is 7. The van der Waals surface area contributed by atoms with Crippen LogP contribution in [0.25, 0.3) is 9.53 Å². The van der Waals surface area contributed by atoms with Crippen LogP contribution in [-0.2, 0) is 0 Å². The predicted octanol–water partition coefficient (Wildman–Crippen LogP) is 2.53. The molecular formula is C13H18F2N4OS2. The number of thiophene rings is 1. The number of hydrogen-bond donors (Lipinski definition) is 2. The highest BCUT2D eigenvalue weighted by atomic mass is 32.1. The van der Waals surface area contributed by atoms with Crippen molar-refractivity contribution in [3.8, 4) is 0 Å². The summed E-state index contributed by atoms with van der Waals surface area (Å²) in [6.45, 7) is 4.27. The van der Waals surface area contributed by atoms with E-state index < -0.39 is 24.9 Å². The Labute approximate surface area is 135 Å². The fourth-order valence-corrected chi connectivity index (χ4v) is 4.09. The molecule has 2 aromatic rings. The summed E-state index contributed by atoms with van der Waals surface area (Å²) in [5.74, 6) is -3.61. The van der Waals surface area contributed by atoms with Crippen molar-refractivity contribution in [2.45, 2.75) is 19.8 Å². The van der Waals surface area contributed by atoms with Crippen molar-refractivity contribution < 1.29 is 13.6 Å². The maximum Gasteiger partial charge on any atom is 0.277 e. The first-order valence-electron chi connectivity index (χ1n) is 6.91. The van der Waals surface area contributed by atoms with E-state index >= 15 is 0 Å². The topological polar surface area (TPSA) is 71.2 Å². The van der Waals surface area contributed by atoms with Gasteiger partial charge in [0.1, 0.15) is 4.83 Å². The summed E-state index contributed by atoms with van der Waals surface area (Å²) < 4.78 is 27.0. The maximum absolute atomic E-state index is 13.0. The number of thiazole rings is 1. The zero-order valence-electron chi connectivity index (χ0n) is 12.4. The Balaban J connectivity index is 2.10. The van der Waals surface area contributed by atoms with Gasteiger partial charge < -0.3 is 16.0 Å². The quantitative estimate of drug-likeness (QED) is 0.807. The second-order valence-corrected chi connectivity index (χ2v) is 6.73. The van der Waals surface area contributed by atoms with E-state index in [2.05, 4.69) is 29.0 Å². The third kappa shape index (κ3) is 3.71. The van der Waals surface area contributed by atoms with Gasteiger partial charge in [-0.05, 0) is 19.9 Å². The van der Waals surface area contributed by atoms with Crippen molar-refractivity contribution in [2.24, 2.45) is 5.73 Å². The Kier molecular flexibility index (Phi) is 5.30. The first-order valence-corrected chi connectivity index (χ1v) is 8.55. The smallest absolute Gasteiger partial charge is 0.277 e. The van der Waals surface area contributed by atoms with Crippen LogP contribution in [0, 0.1) is 0 Å². The molecular weight excluding hydrogens is 330 g/mol. The Morgan fingerprint density at radius 3 is 2.64 bits per heavy atom. The first-order chi connectivity index (χ1) is 10.4. The normalized spacial score (nSPS) is 11.9. The summed E-state index contributed by atoms with van der Waals surface area (Å²) in [7, 11) is 0. The van der Waals surface area contributed by atoms with Crippen LogP contribution in [0.2, 0.25) is 0 Å². The number of nitrogens with one attached hydrogen (secondary N) is 1. The number of alkyl halides is 2. The number of carbonyl (C=O) groups is 1. The molecule has 1 amide bonds. The third-order valence-corrected chi connectivity index (χ3v) is 5.36. The van der Waals surface area contributed by atoms with Gasteiger partial charge in [-0.1, -0.05) is 11.3 Å². The highest BCUT2D eigenvalue weighted by Crippen LogP contribution is 2.34. The van der Waals surface area contributed by atoms with Gasteiger partial charge in [0.25, 0.3) is 11.8 Å². The van der Waals surface area contributed by atoms with E-state index in [-0.39, 0.29) is 0 Å². The molecule has 0 saturated carbocycles. The number of nitrogens with zero attached hydrogens (tertiary/aromatic N) is 2. The van der Waals surface area contributed by atoms with Crippen molar-refractivity contribution in [3.63, 3.8) is 0 Å². The van der Waals surface area contributed by atoms with Gasteiger partial charge in [-0.2, -0.15) is 0 Å². The van der Waals surface area contributed by atoms with E-state index in [1.54, 1.807) is 6.07 Å². The summed E-state index contributed by atoms with van der Waals surface area (Å²) in [6, 6.07) is 1.70. The minimum atomic E-state index is -3.08. The highest BCUT2D eigenvalue weighted by Gasteiger charge is 2.27. The number of anilines is 1. The summed E-state index contributed by atoms with van der Waals surface area (Å²) in [4.78, 5) is 19.7. The lowest BCUT2D eigenvalue weighted by Crippen LogP contribution is -2.41. The molecule has 5 nitrogen and oxygen atoms in total. The van der Waals surface area contributed by atoms with Gasteiger partial charge in [-0.3, -0.25) is 4.79 Å². The lowest BCUT2D eigenvalue weighted by atomic mass is 10.3. The molecule has 0 aliphatic rings. The fraction of sp³-hybridized carbons (Fsp3) is 0.538. The SMILES string of the molecule is CCN(CC)c1nc2sc(C(=O)NCC(F)(F)CN)cc2s1. The average molecular weight is 348 g/mol. The third-order valence-electron chi connectivity index (χ3n) is 3.14. The molecule has 0 saturated heterocycles. The fourth-order valence-electron chi connectivity index (χ4n) is 1.83. The van der Waals surface area contributed by atoms with Crippen LogP contribution in [0.15, 0.2) is 6.07 Å². The maximum atomic E-state index is 13.0. The van der Waals surface area contributed by atoms with E-state index in [0.29, 0.717) is 4.88 Å². The molecule has 2 rings (SSSR count). The van der Waals surface area contributed by atoms with Gasteiger partial charge >= 0.3 is 0 Å². The Bertz CT molecular complexity index is 620. The molecule has 0 aromatic carbocycles. The predicted molar refractivity (Wildman–Crippen MR) is 87.4 cm³/mol. The van der Waals surface area contributed by atoms with Crippen LogP contribution in [0.4, 0.5) is 13.9 Å². The average Bonchev–Trinajstić information content (AvgIpc) is 3.05. The second kappa shape index (κ2) is 6.84. The molecule has 0 aliphatic carbocycles. The molecule has 0 radical (unpaired) electrons. The number of halogens is 2. The lowest BCUT2D eigenvalue weighted by molar-refractivity contribution is 0.0119. The molecule has 0 aliphatic heterocycles.